The Morgan fingerprint density at radius 3 is 2.70 bits per heavy atom. The highest BCUT2D eigenvalue weighted by Gasteiger charge is 1.88. The van der Waals surface area contributed by atoms with Gasteiger partial charge in [-0.15, -0.1) is 0 Å². The minimum absolute atomic E-state index is 0.842. The van der Waals surface area contributed by atoms with Crippen molar-refractivity contribution in [1.82, 2.24) is 0 Å². The molecule has 0 aliphatic rings. The number of allylic oxidation sites excluding steroid dienone is 2. The van der Waals surface area contributed by atoms with Crippen LogP contribution >= 0.6 is 0 Å². The third-order valence-electron chi connectivity index (χ3n) is 1.56. The molecule has 0 heterocycles. The van der Waals surface area contributed by atoms with Crippen LogP contribution in [0, 0.1) is 0 Å². The van der Waals surface area contributed by atoms with E-state index in [1.807, 2.05) is 6.92 Å². The van der Waals surface area contributed by atoms with Crippen LogP contribution in [0.2, 0.25) is 0 Å². The Balaban J connectivity index is 3.04. The molecule has 0 radical (unpaired) electrons. The first-order valence-electron chi connectivity index (χ1n) is 4.00. The maximum Gasteiger partial charge on any atom is 0.0468 e. The van der Waals surface area contributed by atoms with Crippen LogP contribution in [-0.2, 0) is 4.74 Å². The summed E-state index contributed by atoms with van der Waals surface area (Å²) in [6.07, 6.45) is 4.49. The Bertz CT molecular complexity index is 94.9. The molecule has 0 aromatic heterocycles. The standard InChI is InChI=1S/C9H18O/c1-4-9(3)7-6-8-10-5-2/h4H,5-8H2,1-3H3/b9-4+. The van der Waals surface area contributed by atoms with E-state index in [-0.39, 0.29) is 0 Å². The average molecular weight is 142 g/mol. The minimum atomic E-state index is 0.842. The Hall–Kier alpha value is -0.300. The number of ether oxygens (including phenoxy) is 1. The molecular formula is C9H18O. The van der Waals surface area contributed by atoms with Gasteiger partial charge < -0.3 is 4.74 Å². The van der Waals surface area contributed by atoms with Crippen molar-refractivity contribution < 1.29 is 4.74 Å². The summed E-state index contributed by atoms with van der Waals surface area (Å²) in [5, 5.41) is 0. The molecule has 0 saturated heterocycles. The Morgan fingerprint density at radius 2 is 2.20 bits per heavy atom. The van der Waals surface area contributed by atoms with E-state index in [0.29, 0.717) is 0 Å². The molecule has 0 aromatic rings. The molecule has 0 spiro atoms. The van der Waals surface area contributed by atoms with Gasteiger partial charge in [0.1, 0.15) is 0 Å². The van der Waals surface area contributed by atoms with Crippen molar-refractivity contribution in [3.05, 3.63) is 11.6 Å². The first-order valence-corrected chi connectivity index (χ1v) is 4.00. The molecule has 0 atom stereocenters. The second kappa shape index (κ2) is 6.81. The second-order valence-corrected chi connectivity index (χ2v) is 2.44. The molecule has 10 heavy (non-hydrogen) atoms. The van der Waals surface area contributed by atoms with Crippen LogP contribution in [0.4, 0.5) is 0 Å². The molecule has 1 nitrogen and oxygen atoms in total. The zero-order valence-corrected chi connectivity index (χ0v) is 7.31. The molecule has 0 saturated carbocycles. The van der Waals surface area contributed by atoms with Gasteiger partial charge in [-0.1, -0.05) is 11.6 Å². The zero-order chi connectivity index (χ0) is 7.82. The highest BCUT2D eigenvalue weighted by molar-refractivity contribution is 4.94. The van der Waals surface area contributed by atoms with E-state index in [0.717, 1.165) is 19.6 Å². The monoisotopic (exact) mass is 142 g/mol. The van der Waals surface area contributed by atoms with E-state index in [1.54, 1.807) is 0 Å². The molecule has 0 aliphatic heterocycles. The van der Waals surface area contributed by atoms with E-state index >= 15 is 0 Å². The normalized spacial score (nSPS) is 12.1. The highest BCUT2D eigenvalue weighted by Crippen LogP contribution is 2.02. The quantitative estimate of drug-likeness (QED) is 0.423. The number of hydrogen-bond donors (Lipinski definition) is 0. The lowest BCUT2D eigenvalue weighted by atomic mass is 10.2. The molecule has 0 bridgehead atoms. The Morgan fingerprint density at radius 1 is 1.50 bits per heavy atom. The zero-order valence-electron chi connectivity index (χ0n) is 7.31. The highest BCUT2D eigenvalue weighted by atomic mass is 16.5. The van der Waals surface area contributed by atoms with E-state index in [9.17, 15) is 0 Å². The molecule has 0 rings (SSSR count). The predicted octanol–water partition coefficient (Wildman–Crippen LogP) is 2.77. The first kappa shape index (κ1) is 9.70. The van der Waals surface area contributed by atoms with Crippen LogP contribution < -0.4 is 0 Å². The maximum absolute atomic E-state index is 5.20. The summed E-state index contributed by atoms with van der Waals surface area (Å²) in [6.45, 7) is 8.01. The van der Waals surface area contributed by atoms with Crippen molar-refractivity contribution in [1.29, 1.82) is 0 Å². The third kappa shape index (κ3) is 5.83. The molecular weight excluding hydrogens is 124 g/mol. The van der Waals surface area contributed by atoms with E-state index in [4.69, 9.17) is 4.74 Å². The summed E-state index contributed by atoms with van der Waals surface area (Å²) >= 11 is 0. The van der Waals surface area contributed by atoms with Gasteiger partial charge in [0.25, 0.3) is 0 Å². The number of hydrogen-bond acceptors (Lipinski definition) is 1. The van der Waals surface area contributed by atoms with Crippen LogP contribution in [-0.4, -0.2) is 13.2 Å². The lowest BCUT2D eigenvalue weighted by Gasteiger charge is -2.00. The van der Waals surface area contributed by atoms with Crippen molar-refractivity contribution in [2.45, 2.75) is 33.6 Å². The summed E-state index contributed by atoms with van der Waals surface area (Å²) in [5.41, 5.74) is 1.46. The van der Waals surface area contributed by atoms with E-state index in [2.05, 4.69) is 19.9 Å². The van der Waals surface area contributed by atoms with Gasteiger partial charge in [-0.25, -0.2) is 0 Å². The van der Waals surface area contributed by atoms with Gasteiger partial charge in [0.2, 0.25) is 0 Å². The summed E-state index contributed by atoms with van der Waals surface area (Å²) < 4.78 is 5.20. The smallest absolute Gasteiger partial charge is 0.0468 e. The van der Waals surface area contributed by atoms with Gasteiger partial charge in [0, 0.05) is 13.2 Å². The molecule has 1 heteroatoms. The Labute approximate surface area is 64.1 Å². The maximum atomic E-state index is 5.20. The second-order valence-electron chi connectivity index (χ2n) is 2.44. The lowest BCUT2D eigenvalue weighted by Crippen LogP contribution is -1.93. The van der Waals surface area contributed by atoms with Crippen molar-refractivity contribution in [3.63, 3.8) is 0 Å². The summed E-state index contributed by atoms with van der Waals surface area (Å²) in [6, 6.07) is 0. The number of rotatable bonds is 5. The van der Waals surface area contributed by atoms with Crippen molar-refractivity contribution in [2.24, 2.45) is 0 Å². The third-order valence-corrected chi connectivity index (χ3v) is 1.56. The first-order chi connectivity index (χ1) is 4.81. The molecule has 0 N–H and O–H groups in total. The van der Waals surface area contributed by atoms with Crippen LogP contribution in [0.3, 0.4) is 0 Å². The van der Waals surface area contributed by atoms with Gasteiger partial charge in [-0.05, 0) is 33.6 Å². The summed E-state index contributed by atoms with van der Waals surface area (Å²) in [4.78, 5) is 0. The SMILES string of the molecule is C/C=C(\C)CCCOCC. The van der Waals surface area contributed by atoms with Crippen molar-refractivity contribution >= 4 is 0 Å². The van der Waals surface area contributed by atoms with Crippen LogP contribution in [0.25, 0.3) is 0 Å². The summed E-state index contributed by atoms with van der Waals surface area (Å²) in [5.74, 6) is 0. The van der Waals surface area contributed by atoms with Crippen molar-refractivity contribution in [3.8, 4) is 0 Å². The van der Waals surface area contributed by atoms with Crippen LogP contribution in [0.5, 0.6) is 0 Å². The topological polar surface area (TPSA) is 9.23 Å². The predicted molar refractivity (Wildman–Crippen MR) is 45.2 cm³/mol. The van der Waals surface area contributed by atoms with Gasteiger partial charge in [-0.2, -0.15) is 0 Å². The molecule has 0 aliphatic carbocycles. The fourth-order valence-corrected chi connectivity index (χ4v) is 0.742. The molecule has 0 fully saturated rings. The van der Waals surface area contributed by atoms with E-state index in [1.165, 1.54) is 12.0 Å². The summed E-state index contributed by atoms with van der Waals surface area (Å²) in [7, 11) is 0. The van der Waals surface area contributed by atoms with Gasteiger partial charge in [0.15, 0.2) is 0 Å². The fourth-order valence-electron chi connectivity index (χ4n) is 0.742. The molecule has 0 aromatic carbocycles. The average Bonchev–Trinajstić information content (AvgIpc) is 1.98. The van der Waals surface area contributed by atoms with Crippen molar-refractivity contribution in [2.75, 3.05) is 13.2 Å². The van der Waals surface area contributed by atoms with Crippen LogP contribution in [0.1, 0.15) is 33.6 Å². The molecule has 60 valence electrons. The molecule has 0 amide bonds. The van der Waals surface area contributed by atoms with E-state index < -0.39 is 0 Å². The molecule has 0 unspecified atom stereocenters. The minimum Gasteiger partial charge on any atom is -0.382 e. The fraction of sp³-hybridized carbons (Fsp3) is 0.778. The van der Waals surface area contributed by atoms with Crippen LogP contribution in [0.15, 0.2) is 11.6 Å². The van der Waals surface area contributed by atoms with Gasteiger partial charge in [0.05, 0.1) is 0 Å². The lowest BCUT2D eigenvalue weighted by molar-refractivity contribution is 0.145. The van der Waals surface area contributed by atoms with Gasteiger partial charge in [-0.3, -0.25) is 0 Å². The van der Waals surface area contributed by atoms with Gasteiger partial charge >= 0.3 is 0 Å². The largest absolute Gasteiger partial charge is 0.382 e. The Kier molecular flexibility index (Phi) is 6.61.